The fourth-order valence-corrected chi connectivity index (χ4v) is 3.12. The van der Waals surface area contributed by atoms with Gasteiger partial charge in [0.25, 0.3) is 0 Å². The molecule has 0 bridgehead atoms. The average molecular weight is 310 g/mol. The maximum atomic E-state index is 12.3. The first-order valence-electron chi connectivity index (χ1n) is 6.67. The predicted molar refractivity (Wildman–Crippen MR) is 77.4 cm³/mol. The van der Waals surface area contributed by atoms with E-state index in [9.17, 15) is 4.79 Å². The number of hydrogen-bond acceptors (Lipinski definition) is 2. The average Bonchev–Trinajstić information content (AvgIpc) is 2.41. The molecule has 0 heterocycles. The van der Waals surface area contributed by atoms with E-state index >= 15 is 0 Å². The lowest BCUT2D eigenvalue weighted by Crippen LogP contribution is -2.26. The minimum atomic E-state index is 0.250. The van der Waals surface area contributed by atoms with Crippen LogP contribution in [-0.2, 0) is 11.2 Å². The zero-order valence-electron chi connectivity index (χ0n) is 10.6. The molecular formula is C15H20BrNO. The number of Topliss-reactive ketones (excluding diaryl/α,β-unsaturated/α-hetero) is 1. The summed E-state index contributed by atoms with van der Waals surface area (Å²) in [6, 6.07) is 7.98. The van der Waals surface area contributed by atoms with Gasteiger partial charge in [0.2, 0.25) is 0 Å². The quantitative estimate of drug-likeness (QED) is 0.927. The maximum Gasteiger partial charge on any atom is 0.140 e. The number of hydrogen-bond donors (Lipinski definition) is 1. The summed E-state index contributed by atoms with van der Waals surface area (Å²) in [4.78, 5) is 12.3. The van der Waals surface area contributed by atoms with Crippen LogP contribution in [0.25, 0.3) is 0 Å². The van der Waals surface area contributed by atoms with Crippen LogP contribution in [0.3, 0.4) is 0 Å². The number of benzene rings is 1. The highest BCUT2D eigenvalue weighted by Crippen LogP contribution is 2.30. The van der Waals surface area contributed by atoms with Gasteiger partial charge < -0.3 is 5.73 Å². The van der Waals surface area contributed by atoms with Crippen molar-refractivity contribution in [2.75, 3.05) is 6.54 Å². The molecule has 2 rings (SSSR count). The van der Waals surface area contributed by atoms with E-state index in [1.54, 1.807) is 0 Å². The lowest BCUT2D eigenvalue weighted by atomic mass is 9.79. The van der Waals surface area contributed by atoms with E-state index in [4.69, 9.17) is 5.73 Å². The van der Waals surface area contributed by atoms with Crippen molar-refractivity contribution in [1.82, 2.24) is 0 Å². The van der Waals surface area contributed by atoms with Gasteiger partial charge in [0.1, 0.15) is 5.78 Å². The molecule has 0 radical (unpaired) electrons. The predicted octanol–water partition coefficient (Wildman–Crippen LogP) is 3.33. The summed E-state index contributed by atoms with van der Waals surface area (Å²) < 4.78 is 1.04. The standard InChI is InChI=1S/C15H20BrNO/c16-14-4-2-1-3-13(14)9-15(18)12-7-5-11(10-17)6-8-12/h1-4,11-12H,5-10,17H2. The van der Waals surface area contributed by atoms with Crippen LogP contribution in [0.15, 0.2) is 28.7 Å². The third-order valence-corrected chi connectivity index (χ3v) is 4.73. The molecule has 2 nitrogen and oxygen atoms in total. The highest BCUT2D eigenvalue weighted by molar-refractivity contribution is 9.10. The Labute approximate surface area is 117 Å². The number of rotatable bonds is 4. The number of nitrogens with two attached hydrogens (primary N) is 1. The van der Waals surface area contributed by atoms with Crippen molar-refractivity contribution in [3.8, 4) is 0 Å². The van der Waals surface area contributed by atoms with E-state index in [-0.39, 0.29) is 5.92 Å². The molecule has 3 heteroatoms. The highest BCUT2D eigenvalue weighted by atomic mass is 79.9. The number of ketones is 1. The molecule has 1 aliphatic rings. The van der Waals surface area contributed by atoms with Gasteiger partial charge in [0, 0.05) is 16.8 Å². The summed E-state index contributed by atoms with van der Waals surface area (Å²) >= 11 is 3.50. The van der Waals surface area contributed by atoms with Crippen molar-refractivity contribution < 1.29 is 4.79 Å². The van der Waals surface area contributed by atoms with Crippen LogP contribution in [0.2, 0.25) is 0 Å². The second-order valence-electron chi connectivity index (χ2n) is 5.19. The summed E-state index contributed by atoms with van der Waals surface area (Å²) in [6.45, 7) is 0.769. The summed E-state index contributed by atoms with van der Waals surface area (Å²) in [5, 5.41) is 0. The molecule has 2 N–H and O–H groups in total. The van der Waals surface area contributed by atoms with Crippen molar-refractivity contribution in [3.63, 3.8) is 0 Å². The van der Waals surface area contributed by atoms with Gasteiger partial charge in [-0.1, -0.05) is 34.1 Å². The Morgan fingerprint density at radius 2 is 1.89 bits per heavy atom. The maximum absolute atomic E-state index is 12.3. The summed E-state index contributed by atoms with van der Waals surface area (Å²) in [6.07, 6.45) is 4.82. The van der Waals surface area contributed by atoms with Crippen LogP contribution < -0.4 is 5.73 Å². The van der Waals surface area contributed by atoms with Crippen molar-refractivity contribution in [2.24, 2.45) is 17.6 Å². The van der Waals surface area contributed by atoms with E-state index in [0.29, 0.717) is 18.1 Å². The Kier molecular flexibility index (Phi) is 4.95. The minimum Gasteiger partial charge on any atom is -0.330 e. The van der Waals surface area contributed by atoms with Crippen LogP contribution in [0.1, 0.15) is 31.2 Å². The zero-order valence-corrected chi connectivity index (χ0v) is 12.2. The van der Waals surface area contributed by atoms with Crippen LogP contribution in [0, 0.1) is 11.8 Å². The largest absolute Gasteiger partial charge is 0.330 e. The molecule has 0 amide bonds. The normalized spacial score (nSPS) is 23.9. The zero-order chi connectivity index (χ0) is 13.0. The van der Waals surface area contributed by atoms with Crippen LogP contribution in [0.4, 0.5) is 0 Å². The van der Waals surface area contributed by atoms with Crippen molar-refractivity contribution >= 4 is 21.7 Å². The van der Waals surface area contributed by atoms with E-state index in [2.05, 4.69) is 15.9 Å². The van der Waals surface area contributed by atoms with E-state index in [1.807, 2.05) is 24.3 Å². The molecule has 0 saturated heterocycles. The summed E-state index contributed by atoms with van der Waals surface area (Å²) in [5.74, 6) is 1.27. The molecular weight excluding hydrogens is 290 g/mol. The molecule has 98 valence electrons. The van der Waals surface area contributed by atoms with E-state index < -0.39 is 0 Å². The molecule has 1 aromatic carbocycles. The van der Waals surface area contributed by atoms with Crippen molar-refractivity contribution in [2.45, 2.75) is 32.1 Å². The smallest absolute Gasteiger partial charge is 0.140 e. The molecule has 1 fully saturated rings. The number of halogens is 1. The molecule has 0 spiro atoms. The number of carbonyl (C=O) groups excluding carboxylic acids is 1. The molecule has 18 heavy (non-hydrogen) atoms. The van der Waals surface area contributed by atoms with Gasteiger partial charge in [-0.05, 0) is 49.8 Å². The second-order valence-corrected chi connectivity index (χ2v) is 6.04. The number of carbonyl (C=O) groups is 1. The fraction of sp³-hybridized carbons (Fsp3) is 0.533. The third kappa shape index (κ3) is 3.42. The first kappa shape index (κ1) is 13.8. The lowest BCUT2D eigenvalue weighted by molar-refractivity contribution is -0.123. The van der Waals surface area contributed by atoms with Gasteiger partial charge in [-0.3, -0.25) is 4.79 Å². The van der Waals surface area contributed by atoms with Gasteiger partial charge in [-0.2, -0.15) is 0 Å². The Morgan fingerprint density at radius 1 is 1.22 bits per heavy atom. The molecule has 0 aromatic heterocycles. The summed E-state index contributed by atoms with van der Waals surface area (Å²) in [5.41, 5.74) is 6.78. The third-order valence-electron chi connectivity index (χ3n) is 3.96. The van der Waals surface area contributed by atoms with Crippen molar-refractivity contribution in [1.29, 1.82) is 0 Å². The van der Waals surface area contributed by atoms with Crippen LogP contribution in [-0.4, -0.2) is 12.3 Å². The fourth-order valence-electron chi connectivity index (χ4n) is 2.69. The Balaban J connectivity index is 1.91. The topological polar surface area (TPSA) is 43.1 Å². The Morgan fingerprint density at radius 3 is 2.50 bits per heavy atom. The molecule has 0 unspecified atom stereocenters. The first-order chi connectivity index (χ1) is 8.70. The highest BCUT2D eigenvalue weighted by Gasteiger charge is 2.25. The minimum absolute atomic E-state index is 0.250. The SMILES string of the molecule is NCC1CCC(C(=O)Cc2ccccc2Br)CC1. The Hall–Kier alpha value is -0.670. The van der Waals surface area contributed by atoms with Crippen LogP contribution in [0.5, 0.6) is 0 Å². The van der Waals surface area contributed by atoms with Gasteiger partial charge in [-0.15, -0.1) is 0 Å². The molecule has 0 aliphatic heterocycles. The van der Waals surface area contributed by atoms with E-state index in [0.717, 1.165) is 42.3 Å². The lowest BCUT2D eigenvalue weighted by Gasteiger charge is -2.26. The van der Waals surface area contributed by atoms with Gasteiger partial charge in [0.15, 0.2) is 0 Å². The van der Waals surface area contributed by atoms with Crippen molar-refractivity contribution in [3.05, 3.63) is 34.3 Å². The first-order valence-corrected chi connectivity index (χ1v) is 7.46. The molecule has 1 aromatic rings. The van der Waals surface area contributed by atoms with Gasteiger partial charge in [0.05, 0.1) is 0 Å². The summed E-state index contributed by atoms with van der Waals surface area (Å²) in [7, 11) is 0. The molecule has 1 saturated carbocycles. The monoisotopic (exact) mass is 309 g/mol. The Bertz CT molecular complexity index is 411. The second kappa shape index (κ2) is 6.48. The molecule has 1 aliphatic carbocycles. The van der Waals surface area contributed by atoms with Gasteiger partial charge >= 0.3 is 0 Å². The van der Waals surface area contributed by atoms with Gasteiger partial charge in [-0.25, -0.2) is 0 Å². The van der Waals surface area contributed by atoms with Crippen LogP contribution >= 0.6 is 15.9 Å². The van der Waals surface area contributed by atoms with E-state index in [1.165, 1.54) is 0 Å². The molecule has 0 atom stereocenters.